The van der Waals surface area contributed by atoms with Crippen LogP contribution in [0.25, 0.3) is 0 Å². The van der Waals surface area contributed by atoms with Crippen LogP contribution < -0.4 is 0 Å². The minimum atomic E-state index is -0.489. The highest BCUT2D eigenvalue weighted by Gasteiger charge is 2.18. The summed E-state index contributed by atoms with van der Waals surface area (Å²) in [4.78, 5) is 17.8. The van der Waals surface area contributed by atoms with Crippen LogP contribution in [-0.4, -0.2) is 45.3 Å². The van der Waals surface area contributed by atoms with Gasteiger partial charge in [-0.25, -0.2) is 0 Å². The molecular weight excluding hydrogens is 260 g/mol. The number of amides is 1. The van der Waals surface area contributed by atoms with Gasteiger partial charge in [-0.2, -0.15) is 0 Å². The van der Waals surface area contributed by atoms with Crippen molar-refractivity contribution in [3.63, 3.8) is 0 Å². The number of carbonyl (C=O) groups excluding carboxylic acids is 1. The lowest BCUT2D eigenvalue weighted by Gasteiger charge is -2.28. The van der Waals surface area contributed by atoms with Gasteiger partial charge in [-0.3, -0.25) is 9.78 Å². The van der Waals surface area contributed by atoms with Crippen LogP contribution in [0.2, 0.25) is 0 Å². The molecule has 0 aromatic carbocycles. The number of thioether (sulfide) groups is 1. The summed E-state index contributed by atoms with van der Waals surface area (Å²) in [6, 6.07) is 4.02. The maximum absolute atomic E-state index is 12.1. The lowest BCUT2D eigenvalue weighted by molar-refractivity contribution is -0.131. The Labute approximate surface area is 119 Å². The lowest BCUT2D eigenvalue weighted by Crippen LogP contribution is -2.42. The zero-order valence-electron chi connectivity index (χ0n) is 11.7. The van der Waals surface area contributed by atoms with Gasteiger partial charge < -0.3 is 10.0 Å². The van der Waals surface area contributed by atoms with Crippen molar-refractivity contribution >= 4 is 17.7 Å². The van der Waals surface area contributed by atoms with E-state index in [9.17, 15) is 9.90 Å². The molecule has 0 spiro atoms. The second-order valence-corrected chi connectivity index (χ2v) is 5.82. The topological polar surface area (TPSA) is 53.4 Å². The second kappa shape index (κ2) is 8.17. The standard InChI is InChI=1S/C14H22N2O2S/c1-11(2)16(8-12(3)17)14(18)10-19-9-13-4-6-15-7-5-13/h4-7,11-12,17H,8-10H2,1-3H3. The van der Waals surface area contributed by atoms with Crippen molar-refractivity contribution in [3.8, 4) is 0 Å². The molecule has 0 saturated heterocycles. The molecule has 0 radical (unpaired) electrons. The molecule has 19 heavy (non-hydrogen) atoms. The quantitative estimate of drug-likeness (QED) is 0.830. The number of carbonyl (C=O) groups is 1. The van der Waals surface area contributed by atoms with Crippen LogP contribution in [0.4, 0.5) is 0 Å². The first-order chi connectivity index (χ1) is 9.00. The molecule has 1 rings (SSSR count). The summed E-state index contributed by atoms with van der Waals surface area (Å²) in [6.07, 6.45) is 3.02. The van der Waals surface area contributed by atoms with Gasteiger partial charge in [-0.1, -0.05) is 0 Å². The number of hydrogen-bond donors (Lipinski definition) is 1. The number of aliphatic hydroxyl groups is 1. The fraction of sp³-hybridized carbons (Fsp3) is 0.571. The minimum absolute atomic E-state index is 0.0787. The largest absolute Gasteiger partial charge is 0.392 e. The van der Waals surface area contributed by atoms with E-state index in [1.807, 2.05) is 26.0 Å². The summed E-state index contributed by atoms with van der Waals surface area (Å²) < 4.78 is 0. The second-order valence-electron chi connectivity index (χ2n) is 4.84. The average molecular weight is 282 g/mol. The Kier molecular flexibility index (Phi) is 6.87. The molecule has 1 aromatic rings. The van der Waals surface area contributed by atoms with Crippen molar-refractivity contribution in [2.24, 2.45) is 0 Å². The van der Waals surface area contributed by atoms with E-state index in [1.165, 1.54) is 5.56 Å². The predicted molar refractivity (Wildman–Crippen MR) is 78.9 cm³/mol. The fourth-order valence-corrected chi connectivity index (χ4v) is 2.57. The van der Waals surface area contributed by atoms with Gasteiger partial charge in [0, 0.05) is 30.7 Å². The van der Waals surface area contributed by atoms with Crippen LogP contribution in [0.3, 0.4) is 0 Å². The van der Waals surface area contributed by atoms with Gasteiger partial charge in [0.1, 0.15) is 0 Å². The fourth-order valence-electron chi connectivity index (χ4n) is 1.70. The van der Waals surface area contributed by atoms with E-state index in [-0.39, 0.29) is 11.9 Å². The molecule has 0 aliphatic carbocycles. The van der Waals surface area contributed by atoms with Crippen molar-refractivity contribution in [1.29, 1.82) is 0 Å². The maximum atomic E-state index is 12.1. The number of rotatable bonds is 7. The molecule has 1 unspecified atom stereocenters. The van der Waals surface area contributed by atoms with Gasteiger partial charge in [-0.15, -0.1) is 11.8 Å². The zero-order valence-corrected chi connectivity index (χ0v) is 12.6. The number of hydrogen-bond acceptors (Lipinski definition) is 4. The Morgan fingerprint density at radius 2 is 2.00 bits per heavy atom. The molecule has 4 nitrogen and oxygen atoms in total. The Hall–Kier alpha value is -1.07. The minimum Gasteiger partial charge on any atom is -0.392 e. The van der Waals surface area contributed by atoms with E-state index in [2.05, 4.69) is 4.98 Å². The maximum Gasteiger partial charge on any atom is 0.232 e. The highest BCUT2D eigenvalue weighted by Crippen LogP contribution is 2.13. The molecule has 0 aliphatic rings. The SMILES string of the molecule is CC(O)CN(C(=O)CSCc1ccncc1)C(C)C. The third-order valence-electron chi connectivity index (χ3n) is 2.65. The van der Waals surface area contributed by atoms with Crippen LogP contribution in [0.1, 0.15) is 26.3 Å². The van der Waals surface area contributed by atoms with Crippen LogP contribution in [0, 0.1) is 0 Å². The summed E-state index contributed by atoms with van der Waals surface area (Å²) in [5.41, 5.74) is 1.17. The normalized spacial score (nSPS) is 12.5. The van der Waals surface area contributed by atoms with Crippen LogP contribution in [-0.2, 0) is 10.5 Å². The Bertz CT molecular complexity index is 382. The van der Waals surface area contributed by atoms with E-state index in [4.69, 9.17) is 0 Å². The highest BCUT2D eigenvalue weighted by molar-refractivity contribution is 7.99. The molecule has 1 amide bonds. The molecule has 1 heterocycles. The third kappa shape index (κ3) is 6.07. The highest BCUT2D eigenvalue weighted by atomic mass is 32.2. The third-order valence-corrected chi connectivity index (χ3v) is 3.64. The molecule has 0 saturated carbocycles. The molecule has 106 valence electrons. The predicted octanol–water partition coefficient (Wildman–Crippen LogP) is 1.93. The van der Waals surface area contributed by atoms with Crippen molar-refractivity contribution in [2.45, 2.75) is 38.7 Å². The summed E-state index contributed by atoms with van der Waals surface area (Å²) >= 11 is 1.59. The Balaban J connectivity index is 2.40. The van der Waals surface area contributed by atoms with E-state index < -0.39 is 6.10 Å². The lowest BCUT2D eigenvalue weighted by atomic mass is 10.2. The van der Waals surface area contributed by atoms with Gasteiger partial charge in [0.05, 0.1) is 11.9 Å². The Morgan fingerprint density at radius 1 is 1.37 bits per heavy atom. The van der Waals surface area contributed by atoms with E-state index in [0.717, 1.165) is 5.75 Å². The van der Waals surface area contributed by atoms with Crippen LogP contribution in [0.15, 0.2) is 24.5 Å². The van der Waals surface area contributed by atoms with Crippen molar-refractivity contribution in [1.82, 2.24) is 9.88 Å². The molecule has 5 heteroatoms. The number of nitrogens with zero attached hydrogens (tertiary/aromatic N) is 2. The van der Waals surface area contributed by atoms with E-state index in [1.54, 1.807) is 36.0 Å². The monoisotopic (exact) mass is 282 g/mol. The van der Waals surface area contributed by atoms with E-state index in [0.29, 0.717) is 12.3 Å². The molecule has 1 N–H and O–H groups in total. The van der Waals surface area contributed by atoms with Crippen LogP contribution in [0.5, 0.6) is 0 Å². The average Bonchev–Trinajstić information content (AvgIpc) is 2.36. The summed E-state index contributed by atoms with van der Waals surface area (Å²) in [5.74, 6) is 1.32. The van der Waals surface area contributed by atoms with Gasteiger partial charge in [0.25, 0.3) is 0 Å². The van der Waals surface area contributed by atoms with E-state index >= 15 is 0 Å². The number of aliphatic hydroxyl groups excluding tert-OH is 1. The van der Waals surface area contributed by atoms with Gasteiger partial charge in [0.2, 0.25) is 5.91 Å². The van der Waals surface area contributed by atoms with Gasteiger partial charge in [0.15, 0.2) is 0 Å². The first kappa shape index (κ1) is 16.0. The van der Waals surface area contributed by atoms with Crippen molar-refractivity contribution in [3.05, 3.63) is 30.1 Å². The smallest absolute Gasteiger partial charge is 0.232 e. The summed E-state index contributed by atoms with van der Waals surface area (Å²) in [7, 11) is 0. The molecule has 1 atom stereocenters. The first-order valence-corrected chi connectivity index (χ1v) is 7.60. The molecular formula is C14H22N2O2S. The Morgan fingerprint density at radius 3 is 2.53 bits per heavy atom. The number of pyridine rings is 1. The van der Waals surface area contributed by atoms with Gasteiger partial charge in [-0.05, 0) is 38.5 Å². The van der Waals surface area contributed by atoms with Gasteiger partial charge >= 0.3 is 0 Å². The van der Waals surface area contributed by atoms with Crippen LogP contribution >= 0.6 is 11.8 Å². The number of aromatic nitrogens is 1. The molecule has 0 aliphatic heterocycles. The molecule has 0 bridgehead atoms. The van der Waals surface area contributed by atoms with Crippen molar-refractivity contribution in [2.75, 3.05) is 12.3 Å². The molecule has 0 fully saturated rings. The summed E-state index contributed by atoms with van der Waals surface area (Å²) in [5, 5.41) is 9.42. The summed E-state index contributed by atoms with van der Waals surface area (Å²) in [6.45, 7) is 6.03. The zero-order chi connectivity index (χ0) is 14.3. The first-order valence-electron chi connectivity index (χ1n) is 6.45. The van der Waals surface area contributed by atoms with Crippen molar-refractivity contribution < 1.29 is 9.90 Å². The molecule has 1 aromatic heterocycles.